The molecule has 2 aromatic carbocycles. The molecule has 0 aliphatic carbocycles. The maximum atomic E-state index is 12.5. The smallest absolute Gasteiger partial charge is 0.253 e. The van der Waals surface area contributed by atoms with E-state index in [0.717, 1.165) is 29.7 Å². The van der Waals surface area contributed by atoms with Gasteiger partial charge in [0, 0.05) is 17.6 Å². The van der Waals surface area contributed by atoms with Crippen molar-refractivity contribution < 1.29 is 4.79 Å². The van der Waals surface area contributed by atoms with E-state index in [-0.39, 0.29) is 5.91 Å². The minimum atomic E-state index is -0.154. The SMILES string of the molecule is O=C(NCc1ccccc1CN1CCCCC1)c1cc(Br)ccc1Cl. The molecule has 0 aromatic heterocycles. The summed E-state index contributed by atoms with van der Waals surface area (Å²) in [5.41, 5.74) is 2.93. The minimum Gasteiger partial charge on any atom is -0.348 e. The summed E-state index contributed by atoms with van der Waals surface area (Å²) in [5.74, 6) is -0.154. The van der Waals surface area contributed by atoms with Crippen molar-refractivity contribution in [3.63, 3.8) is 0 Å². The van der Waals surface area contributed by atoms with Crippen molar-refractivity contribution in [2.45, 2.75) is 32.4 Å². The van der Waals surface area contributed by atoms with Crippen molar-refractivity contribution in [1.29, 1.82) is 0 Å². The predicted molar refractivity (Wildman–Crippen MR) is 106 cm³/mol. The molecule has 25 heavy (non-hydrogen) atoms. The number of hydrogen-bond donors (Lipinski definition) is 1. The van der Waals surface area contributed by atoms with Crippen LogP contribution in [0, 0.1) is 0 Å². The highest BCUT2D eigenvalue weighted by atomic mass is 79.9. The third-order valence-electron chi connectivity index (χ3n) is 4.57. The Hall–Kier alpha value is -1.36. The number of likely N-dealkylation sites (tertiary alicyclic amines) is 1. The van der Waals surface area contributed by atoms with E-state index in [9.17, 15) is 4.79 Å². The van der Waals surface area contributed by atoms with Crippen LogP contribution in [0.1, 0.15) is 40.7 Å². The van der Waals surface area contributed by atoms with Gasteiger partial charge in [0.25, 0.3) is 5.91 Å². The lowest BCUT2D eigenvalue weighted by Crippen LogP contribution is -2.30. The van der Waals surface area contributed by atoms with Crippen molar-refractivity contribution in [3.05, 3.63) is 68.7 Å². The Morgan fingerprint density at radius 1 is 1.08 bits per heavy atom. The third kappa shape index (κ3) is 5.06. The zero-order valence-corrected chi connectivity index (χ0v) is 16.4. The Morgan fingerprint density at radius 2 is 1.80 bits per heavy atom. The summed E-state index contributed by atoms with van der Waals surface area (Å²) in [6.45, 7) is 3.78. The maximum absolute atomic E-state index is 12.5. The summed E-state index contributed by atoms with van der Waals surface area (Å²) in [4.78, 5) is 15.0. The van der Waals surface area contributed by atoms with E-state index >= 15 is 0 Å². The molecule has 1 aliphatic rings. The van der Waals surface area contributed by atoms with Crippen molar-refractivity contribution in [2.24, 2.45) is 0 Å². The second-order valence-corrected chi connectivity index (χ2v) is 7.74. The van der Waals surface area contributed by atoms with Crippen LogP contribution in [0.4, 0.5) is 0 Å². The fourth-order valence-electron chi connectivity index (χ4n) is 3.18. The van der Waals surface area contributed by atoms with E-state index in [0.29, 0.717) is 17.1 Å². The highest BCUT2D eigenvalue weighted by Gasteiger charge is 2.14. The Kier molecular flexibility index (Phi) is 6.51. The fourth-order valence-corrected chi connectivity index (χ4v) is 3.75. The Bertz CT molecular complexity index is 744. The van der Waals surface area contributed by atoms with Gasteiger partial charge in [-0.15, -0.1) is 0 Å². The first-order valence-corrected chi connectivity index (χ1v) is 9.83. The minimum absolute atomic E-state index is 0.154. The summed E-state index contributed by atoms with van der Waals surface area (Å²) < 4.78 is 0.840. The number of benzene rings is 2. The van der Waals surface area contributed by atoms with Gasteiger partial charge in [-0.1, -0.05) is 58.2 Å². The topological polar surface area (TPSA) is 32.3 Å². The molecule has 1 amide bonds. The number of amides is 1. The highest BCUT2D eigenvalue weighted by Crippen LogP contribution is 2.21. The Balaban J connectivity index is 1.66. The van der Waals surface area contributed by atoms with Crippen molar-refractivity contribution in [2.75, 3.05) is 13.1 Å². The molecular weight excluding hydrogens is 400 g/mol. The molecule has 0 atom stereocenters. The fraction of sp³-hybridized carbons (Fsp3) is 0.350. The van der Waals surface area contributed by atoms with Crippen LogP contribution in [0.3, 0.4) is 0 Å². The summed E-state index contributed by atoms with van der Waals surface area (Å²) >= 11 is 9.53. The molecule has 1 aliphatic heterocycles. The second kappa shape index (κ2) is 8.84. The van der Waals surface area contributed by atoms with E-state index < -0.39 is 0 Å². The number of halogens is 2. The normalized spacial score (nSPS) is 15.1. The zero-order chi connectivity index (χ0) is 17.6. The van der Waals surface area contributed by atoms with Crippen LogP contribution in [0.25, 0.3) is 0 Å². The lowest BCUT2D eigenvalue weighted by Gasteiger charge is -2.27. The van der Waals surface area contributed by atoms with Crippen LogP contribution in [-0.4, -0.2) is 23.9 Å². The first-order valence-electron chi connectivity index (χ1n) is 8.66. The number of nitrogens with one attached hydrogen (secondary N) is 1. The number of carbonyl (C=O) groups excluding carboxylic acids is 1. The number of carbonyl (C=O) groups is 1. The predicted octanol–water partition coefficient (Wildman–Crippen LogP) is 5.02. The summed E-state index contributed by atoms with van der Waals surface area (Å²) in [5, 5.41) is 3.46. The first-order chi connectivity index (χ1) is 12.1. The largest absolute Gasteiger partial charge is 0.348 e. The molecule has 0 bridgehead atoms. The molecular formula is C20H22BrClN2O. The van der Waals surface area contributed by atoms with Crippen molar-refractivity contribution in [1.82, 2.24) is 10.2 Å². The van der Waals surface area contributed by atoms with E-state index in [2.05, 4.69) is 44.3 Å². The van der Waals surface area contributed by atoms with Gasteiger partial charge in [0.05, 0.1) is 10.6 Å². The molecule has 1 fully saturated rings. The average Bonchev–Trinajstić information content (AvgIpc) is 2.63. The van der Waals surface area contributed by atoms with E-state index in [1.165, 1.54) is 24.8 Å². The van der Waals surface area contributed by atoms with Gasteiger partial charge in [-0.3, -0.25) is 9.69 Å². The molecule has 5 heteroatoms. The molecule has 1 saturated heterocycles. The molecule has 0 radical (unpaired) electrons. The summed E-state index contributed by atoms with van der Waals surface area (Å²) in [6, 6.07) is 13.6. The van der Waals surface area contributed by atoms with Crippen molar-refractivity contribution in [3.8, 4) is 0 Å². The summed E-state index contributed by atoms with van der Waals surface area (Å²) in [6.07, 6.45) is 3.89. The van der Waals surface area contributed by atoms with Gasteiger partial charge < -0.3 is 5.32 Å². The standard InChI is InChI=1S/C20H22BrClN2O/c21-17-8-9-19(22)18(12-17)20(25)23-13-15-6-2-3-7-16(15)14-24-10-4-1-5-11-24/h2-3,6-9,12H,1,4-5,10-11,13-14H2,(H,23,25). The Labute approximate surface area is 162 Å². The molecule has 2 aromatic rings. The molecule has 3 rings (SSSR count). The molecule has 0 unspecified atom stereocenters. The third-order valence-corrected chi connectivity index (χ3v) is 5.40. The second-order valence-electron chi connectivity index (χ2n) is 6.41. The number of rotatable bonds is 5. The van der Waals surface area contributed by atoms with Gasteiger partial charge in [-0.25, -0.2) is 0 Å². The van der Waals surface area contributed by atoms with Crippen molar-refractivity contribution >= 4 is 33.4 Å². The zero-order valence-electron chi connectivity index (χ0n) is 14.1. The molecule has 0 spiro atoms. The average molecular weight is 422 g/mol. The van der Waals surface area contributed by atoms with Gasteiger partial charge in [0.1, 0.15) is 0 Å². The maximum Gasteiger partial charge on any atom is 0.253 e. The highest BCUT2D eigenvalue weighted by molar-refractivity contribution is 9.10. The first kappa shape index (κ1) is 18.4. The number of piperidine rings is 1. The Morgan fingerprint density at radius 3 is 2.56 bits per heavy atom. The van der Waals surface area contributed by atoms with Gasteiger partial charge in [0.15, 0.2) is 0 Å². The quantitative estimate of drug-likeness (QED) is 0.735. The van der Waals surface area contributed by atoms with Crippen LogP contribution in [-0.2, 0) is 13.1 Å². The van der Waals surface area contributed by atoms with Crippen LogP contribution in [0.5, 0.6) is 0 Å². The molecule has 1 N–H and O–H groups in total. The molecule has 0 saturated carbocycles. The van der Waals surface area contributed by atoms with Crippen LogP contribution >= 0.6 is 27.5 Å². The van der Waals surface area contributed by atoms with Gasteiger partial charge in [-0.2, -0.15) is 0 Å². The van der Waals surface area contributed by atoms with Gasteiger partial charge in [-0.05, 0) is 55.3 Å². The molecule has 3 nitrogen and oxygen atoms in total. The van der Waals surface area contributed by atoms with E-state index in [1.54, 1.807) is 12.1 Å². The molecule has 132 valence electrons. The van der Waals surface area contributed by atoms with Crippen LogP contribution in [0.2, 0.25) is 5.02 Å². The van der Waals surface area contributed by atoms with Crippen LogP contribution < -0.4 is 5.32 Å². The van der Waals surface area contributed by atoms with E-state index in [4.69, 9.17) is 11.6 Å². The van der Waals surface area contributed by atoms with E-state index in [1.807, 2.05) is 12.1 Å². The monoisotopic (exact) mass is 420 g/mol. The lowest BCUT2D eigenvalue weighted by molar-refractivity contribution is 0.0951. The molecule has 1 heterocycles. The number of nitrogens with zero attached hydrogens (tertiary/aromatic N) is 1. The lowest BCUT2D eigenvalue weighted by atomic mass is 10.0. The van der Waals surface area contributed by atoms with Crippen LogP contribution in [0.15, 0.2) is 46.9 Å². The van der Waals surface area contributed by atoms with Gasteiger partial charge in [0.2, 0.25) is 0 Å². The summed E-state index contributed by atoms with van der Waals surface area (Å²) in [7, 11) is 0. The number of hydrogen-bond acceptors (Lipinski definition) is 2. The van der Waals surface area contributed by atoms with Gasteiger partial charge >= 0.3 is 0 Å².